The van der Waals surface area contributed by atoms with Gasteiger partial charge in [-0.1, -0.05) is 42.1 Å². The minimum absolute atomic E-state index is 0.0401. The third-order valence-electron chi connectivity index (χ3n) is 3.57. The van der Waals surface area contributed by atoms with E-state index in [0.717, 1.165) is 17.0 Å². The van der Waals surface area contributed by atoms with Crippen LogP contribution in [0.4, 0.5) is 5.69 Å². The van der Waals surface area contributed by atoms with Crippen LogP contribution in [-0.4, -0.2) is 29.0 Å². The molecular weight excluding hydrogens is 350 g/mol. The van der Waals surface area contributed by atoms with Crippen LogP contribution in [0.5, 0.6) is 5.75 Å². The summed E-state index contributed by atoms with van der Waals surface area (Å²) in [6.07, 6.45) is 0.932. The Kier molecular flexibility index (Phi) is 6.27. The Morgan fingerprint density at radius 3 is 2.62 bits per heavy atom. The molecule has 3 rings (SSSR count). The van der Waals surface area contributed by atoms with Gasteiger partial charge in [-0.25, -0.2) is 0 Å². The molecule has 7 heteroatoms. The van der Waals surface area contributed by atoms with Gasteiger partial charge in [0.2, 0.25) is 11.8 Å². The average molecular weight is 369 g/mol. The molecule has 1 N–H and O–H groups in total. The number of hydrogen-bond donors (Lipinski definition) is 1. The standard InChI is InChI=1S/C19H19N3O3S/c1-24-16-9-7-14(8-10-16)13-18-21-22-19(25-18)26-12-11-17(23)20-15-5-3-2-4-6-15/h2-10H,11-13H2,1H3,(H,20,23). The van der Waals surface area contributed by atoms with Crippen molar-refractivity contribution in [2.75, 3.05) is 18.2 Å². The van der Waals surface area contributed by atoms with Gasteiger partial charge in [0, 0.05) is 17.9 Å². The van der Waals surface area contributed by atoms with E-state index in [2.05, 4.69) is 15.5 Å². The van der Waals surface area contributed by atoms with Gasteiger partial charge in [-0.05, 0) is 29.8 Å². The number of methoxy groups -OCH3 is 1. The number of carbonyl (C=O) groups is 1. The molecule has 0 aliphatic rings. The summed E-state index contributed by atoms with van der Waals surface area (Å²) in [5.74, 6) is 1.89. The monoisotopic (exact) mass is 369 g/mol. The van der Waals surface area contributed by atoms with E-state index in [9.17, 15) is 4.79 Å². The van der Waals surface area contributed by atoms with Gasteiger partial charge in [0.25, 0.3) is 5.22 Å². The maximum atomic E-state index is 11.9. The number of rotatable bonds is 8. The Bertz CT molecular complexity index is 835. The Hall–Kier alpha value is -2.80. The van der Waals surface area contributed by atoms with Crippen LogP contribution in [-0.2, 0) is 11.2 Å². The number of hydrogen-bond acceptors (Lipinski definition) is 6. The van der Waals surface area contributed by atoms with Gasteiger partial charge < -0.3 is 14.5 Å². The Labute approximate surface area is 156 Å². The zero-order chi connectivity index (χ0) is 18.2. The zero-order valence-corrected chi connectivity index (χ0v) is 15.2. The summed E-state index contributed by atoms with van der Waals surface area (Å²) in [5.41, 5.74) is 1.86. The Morgan fingerprint density at radius 2 is 1.88 bits per heavy atom. The molecule has 0 radical (unpaired) electrons. The second kappa shape index (κ2) is 9.05. The summed E-state index contributed by atoms with van der Waals surface area (Å²) in [6, 6.07) is 17.1. The maximum absolute atomic E-state index is 11.9. The first-order valence-electron chi connectivity index (χ1n) is 8.16. The van der Waals surface area contributed by atoms with Crippen LogP contribution in [0.1, 0.15) is 17.9 Å². The molecule has 0 unspecified atom stereocenters. The first-order valence-corrected chi connectivity index (χ1v) is 9.14. The molecule has 26 heavy (non-hydrogen) atoms. The van der Waals surface area contributed by atoms with Gasteiger partial charge in [-0.2, -0.15) is 0 Å². The number of anilines is 1. The van der Waals surface area contributed by atoms with E-state index in [4.69, 9.17) is 9.15 Å². The summed E-state index contributed by atoms with van der Waals surface area (Å²) < 4.78 is 10.8. The van der Waals surface area contributed by atoms with Crippen molar-refractivity contribution in [2.45, 2.75) is 18.1 Å². The van der Waals surface area contributed by atoms with Crippen molar-refractivity contribution in [1.29, 1.82) is 0 Å². The number of para-hydroxylation sites is 1. The van der Waals surface area contributed by atoms with E-state index < -0.39 is 0 Å². The number of carbonyl (C=O) groups excluding carboxylic acids is 1. The molecule has 134 valence electrons. The van der Waals surface area contributed by atoms with E-state index in [0.29, 0.717) is 29.7 Å². The van der Waals surface area contributed by atoms with Crippen LogP contribution in [0.3, 0.4) is 0 Å². The number of amides is 1. The molecule has 1 heterocycles. The van der Waals surface area contributed by atoms with Gasteiger partial charge in [-0.3, -0.25) is 4.79 Å². The van der Waals surface area contributed by atoms with Gasteiger partial charge in [0.1, 0.15) is 5.75 Å². The Morgan fingerprint density at radius 1 is 1.12 bits per heavy atom. The van der Waals surface area contributed by atoms with Crippen LogP contribution >= 0.6 is 11.8 Å². The van der Waals surface area contributed by atoms with Crippen molar-refractivity contribution in [3.63, 3.8) is 0 Å². The van der Waals surface area contributed by atoms with Gasteiger partial charge in [-0.15, -0.1) is 10.2 Å². The van der Waals surface area contributed by atoms with E-state index in [1.165, 1.54) is 11.8 Å². The SMILES string of the molecule is COc1ccc(Cc2nnc(SCCC(=O)Nc3ccccc3)o2)cc1. The van der Waals surface area contributed by atoms with Crippen LogP contribution < -0.4 is 10.1 Å². The lowest BCUT2D eigenvalue weighted by molar-refractivity contribution is -0.115. The molecular formula is C19H19N3O3S. The second-order valence-electron chi connectivity index (χ2n) is 5.50. The molecule has 0 aliphatic heterocycles. The van der Waals surface area contributed by atoms with E-state index in [1.54, 1.807) is 7.11 Å². The van der Waals surface area contributed by atoms with Crippen LogP contribution in [0.25, 0.3) is 0 Å². The Balaban J connectivity index is 1.44. The number of ether oxygens (including phenoxy) is 1. The highest BCUT2D eigenvalue weighted by molar-refractivity contribution is 7.99. The van der Waals surface area contributed by atoms with Gasteiger partial charge >= 0.3 is 0 Å². The van der Waals surface area contributed by atoms with Gasteiger partial charge in [0.05, 0.1) is 13.5 Å². The number of aromatic nitrogens is 2. The lowest BCUT2D eigenvalue weighted by Gasteiger charge is -2.03. The maximum Gasteiger partial charge on any atom is 0.276 e. The third kappa shape index (κ3) is 5.35. The second-order valence-corrected chi connectivity index (χ2v) is 6.55. The fourth-order valence-corrected chi connectivity index (χ4v) is 2.98. The van der Waals surface area contributed by atoms with Crippen molar-refractivity contribution in [3.8, 4) is 5.75 Å². The fourth-order valence-electron chi connectivity index (χ4n) is 2.26. The zero-order valence-electron chi connectivity index (χ0n) is 14.3. The lowest BCUT2D eigenvalue weighted by atomic mass is 10.1. The van der Waals surface area contributed by atoms with Crippen LogP contribution in [0.15, 0.2) is 64.2 Å². The fraction of sp³-hybridized carbons (Fsp3) is 0.211. The summed E-state index contributed by atoms with van der Waals surface area (Å²) in [6.45, 7) is 0. The number of benzene rings is 2. The molecule has 1 aromatic heterocycles. The van der Waals surface area contributed by atoms with Gasteiger partial charge in [0.15, 0.2) is 0 Å². The molecule has 0 atom stereocenters. The highest BCUT2D eigenvalue weighted by Crippen LogP contribution is 2.20. The van der Waals surface area contributed by atoms with Crippen molar-refractivity contribution < 1.29 is 13.9 Å². The highest BCUT2D eigenvalue weighted by atomic mass is 32.2. The van der Waals surface area contributed by atoms with Crippen molar-refractivity contribution >= 4 is 23.4 Å². The summed E-state index contributed by atoms with van der Waals surface area (Å²) in [4.78, 5) is 11.9. The quantitative estimate of drug-likeness (QED) is 0.609. The van der Waals surface area contributed by atoms with Crippen molar-refractivity contribution in [2.24, 2.45) is 0 Å². The third-order valence-corrected chi connectivity index (χ3v) is 4.40. The number of thioether (sulfide) groups is 1. The first kappa shape index (κ1) is 18.0. The minimum Gasteiger partial charge on any atom is -0.497 e. The van der Waals surface area contributed by atoms with Crippen molar-refractivity contribution in [3.05, 3.63) is 66.1 Å². The molecule has 0 fully saturated rings. The average Bonchev–Trinajstić information content (AvgIpc) is 3.10. The van der Waals surface area contributed by atoms with E-state index >= 15 is 0 Å². The molecule has 0 aliphatic carbocycles. The molecule has 2 aromatic carbocycles. The van der Waals surface area contributed by atoms with Crippen molar-refractivity contribution in [1.82, 2.24) is 10.2 Å². The molecule has 6 nitrogen and oxygen atoms in total. The van der Waals surface area contributed by atoms with Crippen LogP contribution in [0.2, 0.25) is 0 Å². The molecule has 0 saturated heterocycles. The van der Waals surface area contributed by atoms with E-state index in [1.807, 2.05) is 54.6 Å². The minimum atomic E-state index is -0.0401. The largest absolute Gasteiger partial charge is 0.497 e. The molecule has 0 saturated carbocycles. The number of nitrogens with one attached hydrogen (secondary N) is 1. The molecule has 0 spiro atoms. The first-order chi connectivity index (χ1) is 12.7. The summed E-state index contributed by atoms with van der Waals surface area (Å²) in [5, 5.41) is 11.4. The topological polar surface area (TPSA) is 77.2 Å². The normalized spacial score (nSPS) is 10.5. The van der Waals surface area contributed by atoms with E-state index in [-0.39, 0.29) is 5.91 Å². The molecule has 1 amide bonds. The summed E-state index contributed by atoms with van der Waals surface area (Å²) >= 11 is 1.38. The lowest BCUT2D eigenvalue weighted by Crippen LogP contribution is -2.11. The van der Waals surface area contributed by atoms with Crippen LogP contribution in [0, 0.1) is 0 Å². The summed E-state index contributed by atoms with van der Waals surface area (Å²) in [7, 11) is 1.64. The predicted octanol–water partition coefficient (Wildman–Crippen LogP) is 3.79. The predicted molar refractivity (Wildman–Crippen MR) is 101 cm³/mol. The smallest absolute Gasteiger partial charge is 0.276 e. The number of nitrogens with zero attached hydrogens (tertiary/aromatic N) is 2. The molecule has 0 bridgehead atoms. The molecule has 3 aromatic rings. The highest BCUT2D eigenvalue weighted by Gasteiger charge is 2.09.